The maximum atomic E-state index is 13.3. The van der Waals surface area contributed by atoms with Crippen LogP contribution in [-0.2, 0) is 4.79 Å². The molecule has 1 aliphatic rings. The van der Waals surface area contributed by atoms with E-state index in [4.69, 9.17) is 21.3 Å². The zero-order chi connectivity index (χ0) is 20.4. The van der Waals surface area contributed by atoms with Crippen molar-refractivity contribution in [1.82, 2.24) is 0 Å². The first-order chi connectivity index (χ1) is 14.0. The van der Waals surface area contributed by atoms with E-state index in [2.05, 4.69) is 0 Å². The fourth-order valence-electron chi connectivity index (χ4n) is 3.21. The molecule has 0 N–H and O–H groups in total. The molecule has 0 aliphatic carbocycles. The Kier molecular flexibility index (Phi) is 5.19. The van der Waals surface area contributed by atoms with Gasteiger partial charge in [0, 0.05) is 10.6 Å². The number of aliphatic imine (C=N–C) groups is 1. The van der Waals surface area contributed by atoms with Gasteiger partial charge >= 0.3 is 0 Å². The molecule has 1 amide bonds. The standard InChI is InChI=1S/C24H19ClN2O2/c1-16-5-3-7-18(13-16)23-26-22(15-17-6-4-8-21(14-17)29-2)24(28)27(23)20-11-9-19(25)10-12-20/h3-15H,1-2H3/b22-15+. The second kappa shape index (κ2) is 7.94. The Hall–Kier alpha value is -3.37. The van der Waals surface area contributed by atoms with E-state index in [1.54, 1.807) is 30.2 Å². The Morgan fingerprint density at radius 3 is 2.48 bits per heavy atom. The van der Waals surface area contributed by atoms with Crippen LogP contribution in [0.3, 0.4) is 0 Å². The van der Waals surface area contributed by atoms with Crippen LogP contribution in [0.2, 0.25) is 5.02 Å². The van der Waals surface area contributed by atoms with Gasteiger partial charge < -0.3 is 4.74 Å². The monoisotopic (exact) mass is 402 g/mol. The molecule has 0 radical (unpaired) electrons. The van der Waals surface area contributed by atoms with Crippen molar-refractivity contribution in [3.63, 3.8) is 0 Å². The number of hydrogen-bond acceptors (Lipinski definition) is 3. The highest BCUT2D eigenvalue weighted by atomic mass is 35.5. The van der Waals surface area contributed by atoms with E-state index in [1.807, 2.05) is 67.6 Å². The smallest absolute Gasteiger partial charge is 0.282 e. The summed E-state index contributed by atoms with van der Waals surface area (Å²) >= 11 is 6.04. The van der Waals surface area contributed by atoms with Crippen molar-refractivity contribution < 1.29 is 9.53 Å². The number of carbonyl (C=O) groups is 1. The number of hydrogen-bond donors (Lipinski definition) is 0. The number of ether oxygens (including phenoxy) is 1. The number of amides is 1. The van der Waals surface area contributed by atoms with Crippen LogP contribution in [0.4, 0.5) is 5.69 Å². The number of rotatable bonds is 4. The Bertz CT molecular complexity index is 1130. The molecule has 0 saturated carbocycles. The summed E-state index contributed by atoms with van der Waals surface area (Å²) in [7, 11) is 1.61. The van der Waals surface area contributed by atoms with Gasteiger partial charge in [0.05, 0.1) is 12.8 Å². The Morgan fingerprint density at radius 1 is 1.00 bits per heavy atom. The fourth-order valence-corrected chi connectivity index (χ4v) is 3.34. The van der Waals surface area contributed by atoms with Crippen molar-refractivity contribution in [2.24, 2.45) is 4.99 Å². The Labute approximate surface area is 174 Å². The van der Waals surface area contributed by atoms with E-state index in [0.29, 0.717) is 22.2 Å². The second-order valence-corrected chi connectivity index (χ2v) is 7.16. The van der Waals surface area contributed by atoms with Crippen molar-refractivity contribution in [3.05, 3.63) is 100 Å². The Morgan fingerprint density at radius 2 is 1.76 bits per heavy atom. The predicted octanol–water partition coefficient (Wildman–Crippen LogP) is 5.49. The zero-order valence-electron chi connectivity index (χ0n) is 16.1. The molecular formula is C24H19ClN2O2. The molecule has 1 aliphatic heterocycles. The average Bonchev–Trinajstić information content (AvgIpc) is 3.05. The van der Waals surface area contributed by atoms with Gasteiger partial charge in [0.1, 0.15) is 17.3 Å². The number of halogens is 1. The molecule has 5 heteroatoms. The van der Waals surface area contributed by atoms with Crippen LogP contribution in [0, 0.1) is 6.92 Å². The third kappa shape index (κ3) is 3.93. The molecule has 3 aromatic rings. The lowest BCUT2D eigenvalue weighted by molar-refractivity contribution is -0.113. The number of amidine groups is 1. The first-order valence-electron chi connectivity index (χ1n) is 9.16. The molecule has 4 rings (SSSR count). The molecule has 0 bridgehead atoms. The number of anilines is 1. The number of carbonyl (C=O) groups excluding carboxylic acids is 1. The van der Waals surface area contributed by atoms with Gasteiger partial charge in [-0.05, 0) is 61.0 Å². The highest BCUT2D eigenvalue weighted by Crippen LogP contribution is 2.29. The van der Waals surface area contributed by atoms with Crippen molar-refractivity contribution >= 4 is 35.1 Å². The van der Waals surface area contributed by atoms with E-state index < -0.39 is 0 Å². The van der Waals surface area contributed by atoms with Crippen molar-refractivity contribution in [1.29, 1.82) is 0 Å². The zero-order valence-corrected chi connectivity index (χ0v) is 16.9. The molecule has 0 aromatic heterocycles. The van der Waals surface area contributed by atoms with Crippen LogP contribution in [0.25, 0.3) is 6.08 Å². The van der Waals surface area contributed by atoms with Gasteiger partial charge in [0.25, 0.3) is 5.91 Å². The Balaban J connectivity index is 1.82. The minimum absolute atomic E-state index is 0.188. The molecule has 0 unspecified atom stereocenters. The first-order valence-corrected chi connectivity index (χ1v) is 9.54. The highest BCUT2D eigenvalue weighted by Gasteiger charge is 2.32. The van der Waals surface area contributed by atoms with Crippen molar-refractivity contribution in [2.45, 2.75) is 6.92 Å². The summed E-state index contributed by atoms with van der Waals surface area (Å²) < 4.78 is 5.28. The van der Waals surface area contributed by atoms with Crippen molar-refractivity contribution in [2.75, 3.05) is 12.0 Å². The van der Waals surface area contributed by atoms with E-state index in [0.717, 1.165) is 22.4 Å². The van der Waals surface area contributed by atoms with Gasteiger partial charge in [-0.3, -0.25) is 9.69 Å². The first kappa shape index (κ1) is 19.0. The lowest BCUT2D eigenvalue weighted by Gasteiger charge is -2.19. The normalized spacial score (nSPS) is 15.0. The lowest BCUT2D eigenvalue weighted by atomic mass is 10.1. The quantitative estimate of drug-likeness (QED) is 0.541. The summed E-state index contributed by atoms with van der Waals surface area (Å²) in [5.41, 5.74) is 3.90. The minimum atomic E-state index is -0.188. The molecule has 144 valence electrons. The fraction of sp³-hybridized carbons (Fsp3) is 0.0833. The third-order valence-electron chi connectivity index (χ3n) is 4.62. The van der Waals surface area contributed by atoms with Crippen LogP contribution in [0.1, 0.15) is 16.7 Å². The summed E-state index contributed by atoms with van der Waals surface area (Å²) in [6.07, 6.45) is 1.77. The summed E-state index contributed by atoms with van der Waals surface area (Å²) in [6.45, 7) is 2.01. The molecule has 0 spiro atoms. The SMILES string of the molecule is COc1cccc(/C=C2/N=C(c3cccc(C)c3)N(c3ccc(Cl)cc3)C2=O)c1. The lowest BCUT2D eigenvalue weighted by Crippen LogP contribution is -2.32. The summed E-state index contributed by atoms with van der Waals surface area (Å²) in [5.74, 6) is 1.13. The number of nitrogens with zero attached hydrogens (tertiary/aromatic N) is 2. The summed E-state index contributed by atoms with van der Waals surface area (Å²) in [6, 6.07) is 22.6. The van der Waals surface area contributed by atoms with Crippen molar-refractivity contribution in [3.8, 4) is 5.75 Å². The topological polar surface area (TPSA) is 41.9 Å². The number of aryl methyl sites for hydroxylation is 1. The minimum Gasteiger partial charge on any atom is -0.497 e. The largest absolute Gasteiger partial charge is 0.497 e. The number of methoxy groups -OCH3 is 1. The molecule has 4 nitrogen and oxygen atoms in total. The third-order valence-corrected chi connectivity index (χ3v) is 4.87. The van der Waals surface area contributed by atoms with Crippen LogP contribution in [-0.4, -0.2) is 18.9 Å². The molecule has 0 atom stereocenters. The van der Waals surface area contributed by atoms with Gasteiger partial charge in [-0.2, -0.15) is 0 Å². The molecule has 3 aromatic carbocycles. The molecule has 0 saturated heterocycles. The maximum absolute atomic E-state index is 13.3. The maximum Gasteiger partial charge on any atom is 0.282 e. The van der Waals surface area contributed by atoms with E-state index in [9.17, 15) is 4.79 Å². The molecular weight excluding hydrogens is 384 g/mol. The molecule has 0 fully saturated rings. The molecule has 1 heterocycles. The summed E-state index contributed by atoms with van der Waals surface area (Å²) in [5, 5.41) is 0.613. The van der Waals surface area contributed by atoms with Crippen LogP contribution in [0.5, 0.6) is 5.75 Å². The van der Waals surface area contributed by atoms with E-state index >= 15 is 0 Å². The van der Waals surface area contributed by atoms with Crippen LogP contribution >= 0.6 is 11.6 Å². The van der Waals surface area contributed by atoms with Gasteiger partial charge in [0.15, 0.2) is 0 Å². The average molecular weight is 403 g/mol. The van der Waals surface area contributed by atoms with Gasteiger partial charge in [-0.1, -0.05) is 47.5 Å². The highest BCUT2D eigenvalue weighted by molar-refractivity contribution is 6.34. The second-order valence-electron chi connectivity index (χ2n) is 6.73. The van der Waals surface area contributed by atoms with Gasteiger partial charge in [-0.25, -0.2) is 4.99 Å². The predicted molar refractivity (Wildman–Crippen MR) is 118 cm³/mol. The van der Waals surface area contributed by atoms with Gasteiger partial charge in [-0.15, -0.1) is 0 Å². The van der Waals surface area contributed by atoms with Crippen LogP contribution in [0.15, 0.2) is 83.5 Å². The number of benzene rings is 3. The van der Waals surface area contributed by atoms with Crippen LogP contribution < -0.4 is 9.64 Å². The summed E-state index contributed by atoms with van der Waals surface area (Å²) in [4.78, 5) is 19.6. The van der Waals surface area contributed by atoms with Gasteiger partial charge in [0.2, 0.25) is 0 Å². The molecule has 29 heavy (non-hydrogen) atoms. The van der Waals surface area contributed by atoms with E-state index in [1.165, 1.54) is 0 Å². The van der Waals surface area contributed by atoms with E-state index in [-0.39, 0.29) is 5.91 Å².